The van der Waals surface area contributed by atoms with Crippen molar-refractivity contribution in [1.82, 2.24) is 9.97 Å². The number of benzene rings is 4. The zero-order valence-electron chi connectivity index (χ0n) is 20.5. The number of allylic oxidation sites excluding steroid dienone is 1. The smallest absolute Gasteiger partial charge is 0.203 e. The first kappa shape index (κ1) is 25.1. The monoisotopic (exact) mass is 508 g/mol. The van der Waals surface area contributed by atoms with Gasteiger partial charge in [-0.05, 0) is 59.5 Å². The Labute approximate surface area is 218 Å². The third-order valence-corrected chi connectivity index (χ3v) is 6.55. The lowest BCUT2D eigenvalue weighted by molar-refractivity contribution is 0.0956. The SMILES string of the molecule is Cc1c(/C(O)=C(/C(=O)c2ccccc2F)c2nc3ccccc3[nH]2)cccc1-c1cccc(C(O)CO)c1. The van der Waals surface area contributed by atoms with Gasteiger partial charge in [0.1, 0.15) is 29.1 Å². The van der Waals surface area contributed by atoms with Gasteiger partial charge in [0.2, 0.25) is 5.78 Å². The number of H-pyrrole nitrogens is 1. The fraction of sp³-hybridized carbons (Fsp3) is 0.0968. The molecule has 7 heteroatoms. The zero-order valence-corrected chi connectivity index (χ0v) is 20.5. The summed E-state index contributed by atoms with van der Waals surface area (Å²) in [7, 11) is 0. The highest BCUT2D eigenvalue weighted by atomic mass is 19.1. The second-order valence-electron chi connectivity index (χ2n) is 8.94. The van der Waals surface area contributed by atoms with Crippen molar-refractivity contribution in [3.63, 3.8) is 0 Å². The summed E-state index contributed by atoms with van der Waals surface area (Å²) in [6.07, 6.45) is -1.02. The third kappa shape index (κ3) is 4.61. The molecule has 0 spiro atoms. The molecular formula is C31H25FN2O4. The number of rotatable bonds is 7. The molecule has 0 fully saturated rings. The van der Waals surface area contributed by atoms with E-state index in [2.05, 4.69) is 9.97 Å². The van der Waals surface area contributed by atoms with Gasteiger partial charge in [-0.2, -0.15) is 0 Å². The van der Waals surface area contributed by atoms with Crippen LogP contribution in [-0.4, -0.2) is 37.7 Å². The van der Waals surface area contributed by atoms with Gasteiger partial charge in [-0.15, -0.1) is 0 Å². The largest absolute Gasteiger partial charge is 0.506 e. The normalized spacial score (nSPS) is 12.8. The van der Waals surface area contributed by atoms with Crippen LogP contribution in [0.3, 0.4) is 0 Å². The highest BCUT2D eigenvalue weighted by Gasteiger charge is 2.26. The fourth-order valence-electron chi connectivity index (χ4n) is 4.54. The summed E-state index contributed by atoms with van der Waals surface area (Å²) in [5.41, 5.74) is 4.01. The van der Waals surface area contributed by atoms with E-state index >= 15 is 0 Å². The Morgan fingerprint density at radius 2 is 1.66 bits per heavy atom. The second kappa shape index (κ2) is 10.4. The number of carbonyl (C=O) groups excluding carboxylic acids is 1. The van der Waals surface area contributed by atoms with E-state index in [0.717, 1.165) is 11.1 Å². The number of hydrogen-bond acceptors (Lipinski definition) is 5. The van der Waals surface area contributed by atoms with Crippen molar-refractivity contribution < 1.29 is 24.5 Å². The number of aromatic amines is 1. The molecule has 38 heavy (non-hydrogen) atoms. The zero-order chi connectivity index (χ0) is 26.8. The minimum atomic E-state index is -1.02. The second-order valence-corrected chi connectivity index (χ2v) is 8.94. The Morgan fingerprint density at radius 3 is 2.42 bits per heavy atom. The van der Waals surface area contributed by atoms with Gasteiger partial charge in [-0.1, -0.05) is 60.7 Å². The Bertz CT molecular complexity index is 1660. The van der Waals surface area contributed by atoms with E-state index < -0.39 is 24.3 Å². The Morgan fingerprint density at radius 1 is 0.947 bits per heavy atom. The summed E-state index contributed by atoms with van der Waals surface area (Å²) in [5.74, 6) is -1.64. The molecule has 4 aromatic carbocycles. The molecular weight excluding hydrogens is 483 g/mol. The van der Waals surface area contributed by atoms with Crippen LogP contribution in [0.15, 0.2) is 91.0 Å². The number of aromatic nitrogens is 2. The molecule has 1 aromatic heterocycles. The summed E-state index contributed by atoms with van der Waals surface area (Å²) in [4.78, 5) is 21.3. The van der Waals surface area contributed by atoms with Crippen molar-refractivity contribution in [3.05, 3.63) is 125 Å². The van der Waals surface area contributed by atoms with Gasteiger partial charge in [0.05, 0.1) is 23.2 Å². The number of imidazole rings is 1. The van der Waals surface area contributed by atoms with E-state index in [-0.39, 0.29) is 22.7 Å². The van der Waals surface area contributed by atoms with Crippen molar-refractivity contribution in [2.45, 2.75) is 13.0 Å². The Balaban J connectivity index is 1.71. The van der Waals surface area contributed by atoms with Gasteiger partial charge < -0.3 is 20.3 Å². The van der Waals surface area contributed by atoms with E-state index in [4.69, 9.17) is 0 Å². The summed E-state index contributed by atoms with van der Waals surface area (Å²) >= 11 is 0. The number of halogens is 1. The molecule has 0 aliphatic rings. The molecule has 4 N–H and O–H groups in total. The summed E-state index contributed by atoms with van der Waals surface area (Å²) in [6.45, 7) is 1.39. The molecule has 0 saturated carbocycles. The number of ketones is 1. The van der Waals surface area contributed by atoms with Gasteiger partial charge in [0, 0.05) is 5.56 Å². The average Bonchev–Trinajstić information content (AvgIpc) is 3.36. The molecule has 190 valence electrons. The van der Waals surface area contributed by atoms with E-state index in [1.165, 1.54) is 18.2 Å². The highest BCUT2D eigenvalue weighted by Crippen LogP contribution is 2.34. The molecule has 5 aromatic rings. The standard InChI is InChI=1S/C31H25FN2O4/c1-18-21(19-8-6-9-20(16-19)27(36)17-35)11-7-12-22(18)29(37)28(30(38)23-10-2-3-13-24(23)32)31-33-25-14-4-5-15-26(25)34-31/h2-16,27,35-37H,17H2,1H3,(H,33,34)/b29-28+. The number of aliphatic hydroxyl groups excluding tert-OH is 3. The van der Waals surface area contributed by atoms with Gasteiger partial charge in [-0.25, -0.2) is 9.37 Å². The van der Waals surface area contributed by atoms with Gasteiger partial charge in [0.15, 0.2) is 0 Å². The number of carbonyl (C=O) groups is 1. The number of para-hydroxylation sites is 2. The minimum Gasteiger partial charge on any atom is -0.506 e. The van der Waals surface area contributed by atoms with E-state index in [1.807, 2.05) is 24.3 Å². The molecule has 0 aliphatic carbocycles. The number of nitrogens with zero attached hydrogens (tertiary/aromatic N) is 1. The molecule has 0 aliphatic heterocycles. The average molecular weight is 509 g/mol. The maximum absolute atomic E-state index is 14.7. The summed E-state index contributed by atoms with van der Waals surface area (Å²) in [5, 5.41) is 31.1. The molecule has 1 heterocycles. The molecule has 0 bridgehead atoms. The quantitative estimate of drug-likeness (QED) is 0.122. The van der Waals surface area contributed by atoms with Crippen LogP contribution in [0.4, 0.5) is 4.39 Å². The topological polar surface area (TPSA) is 106 Å². The van der Waals surface area contributed by atoms with Gasteiger partial charge in [-0.3, -0.25) is 4.79 Å². The first-order chi connectivity index (χ1) is 18.4. The van der Waals surface area contributed by atoms with Crippen LogP contribution < -0.4 is 0 Å². The van der Waals surface area contributed by atoms with Crippen LogP contribution in [0.25, 0.3) is 33.5 Å². The van der Waals surface area contributed by atoms with Gasteiger partial charge >= 0.3 is 0 Å². The minimum absolute atomic E-state index is 0.120. The van der Waals surface area contributed by atoms with Crippen LogP contribution in [0.2, 0.25) is 0 Å². The molecule has 5 rings (SSSR count). The summed E-state index contributed by atoms with van der Waals surface area (Å²) in [6, 6.07) is 25.2. The van der Waals surface area contributed by atoms with Crippen molar-refractivity contribution in [1.29, 1.82) is 0 Å². The first-order valence-corrected chi connectivity index (χ1v) is 12.1. The van der Waals surface area contributed by atoms with Crippen LogP contribution in [0, 0.1) is 12.7 Å². The molecule has 1 atom stereocenters. The number of aliphatic hydroxyl groups is 3. The lowest BCUT2D eigenvalue weighted by Crippen LogP contribution is -2.10. The van der Waals surface area contributed by atoms with Crippen LogP contribution >= 0.6 is 0 Å². The summed E-state index contributed by atoms with van der Waals surface area (Å²) < 4.78 is 14.7. The fourth-order valence-corrected chi connectivity index (χ4v) is 4.54. The van der Waals surface area contributed by atoms with Crippen molar-refractivity contribution in [2.24, 2.45) is 0 Å². The van der Waals surface area contributed by atoms with Gasteiger partial charge in [0.25, 0.3) is 0 Å². The maximum atomic E-state index is 14.7. The molecule has 0 saturated heterocycles. The predicted molar refractivity (Wildman–Crippen MR) is 145 cm³/mol. The number of fused-ring (bicyclic) bond motifs is 1. The first-order valence-electron chi connectivity index (χ1n) is 12.1. The van der Waals surface area contributed by atoms with Crippen LogP contribution in [0.5, 0.6) is 0 Å². The van der Waals surface area contributed by atoms with Crippen LogP contribution in [-0.2, 0) is 0 Å². The predicted octanol–water partition coefficient (Wildman–Crippen LogP) is 6.01. The molecule has 0 radical (unpaired) electrons. The maximum Gasteiger partial charge on any atom is 0.203 e. The Kier molecular flexibility index (Phi) is 6.87. The van der Waals surface area contributed by atoms with Crippen molar-refractivity contribution >= 4 is 28.1 Å². The lowest BCUT2D eigenvalue weighted by atomic mass is 9.91. The number of Topliss-reactive ketones (excluding diaryl/α,β-unsaturated/α-hetero) is 1. The Hall–Kier alpha value is -4.59. The van der Waals surface area contributed by atoms with E-state index in [1.54, 1.807) is 55.5 Å². The highest BCUT2D eigenvalue weighted by molar-refractivity contribution is 6.33. The number of nitrogens with one attached hydrogen (secondary N) is 1. The molecule has 6 nitrogen and oxygen atoms in total. The van der Waals surface area contributed by atoms with E-state index in [0.29, 0.717) is 27.7 Å². The van der Waals surface area contributed by atoms with Crippen molar-refractivity contribution in [2.75, 3.05) is 6.61 Å². The van der Waals surface area contributed by atoms with Crippen LogP contribution in [0.1, 0.15) is 39.0 Å². The third-order valence-electron chi connectivity index (χ3n) is 6.55. The molecule has 0 amide bonds. The van der Waals surface area contributed by atoms with E-state index in [9.17, 15) is 24.5 Å². The molecule has 1 unspecified atom stereocenters. The van der Waals surface area contributed by atoms with Crippen molar-refractivity contribution in [3.8, 4) is 11.1 Å². The lowest BCUT2D eigenvalue weighted by Gasteiger charge is -2.15. The number of hydrogen-bond donors (Lipinski definition) is 4.